The van der Waals surface area contributed by atoms with Crippen molar-refractivity contribution in [3.8, 4) is 11.5 Å². The van der Waals surface area contributed by atoms with E-state index in [0.717, 1.165) is 12.1 Å². The SMILES string of the molecule is O=S(=O)(c1ccc(O)c(O)c1)N1CCOCC1. The Hall–Kier alpha value is -1.31. The summed E-state index contributed by atoms with van der Waals surface area (Å²) in [5.74, 6) is -0.787. The lowest BCUT2D eigenvalue weighted by Crippen LogP contribution is -2.40. The second-order valence-corrected chi connectivity index (χ2v) is 5.60. The van der Waals surface area contributed by atoms with Crippen LogP contribution in [0.4, 0.5) is 0 Å². The van der Waals surface area contributed by atoms with E-state index in [4.69, 9.17) is 9.84 Å². The van der Waals surface area contributed by atoms with Crippen LogP contribution >= 0.6 is 0 Å². The molecular weight excluding hydrogens is 246 g/mol. The molecule has 1 fully saturated rings. The number of morpholine rings is 1. The summed E-state index contributed by atoms with van der Waals surface area (Å²) in [4.78, 5) is -0.0327. The molecule has 0 unspecified atom stereocenters. The van der Waals surface area contributed by atoms with Crippen molar-refractivity contribution in [2.24, 2.45) is 0 Å². The summed E-state index contributed by atoms with van der Waals surface area (Å²) < 4.78 is 30.6. The Labute approximate surface area is 99.1 Å². The number of benzene rings is 1. The van der Waals surface area contributed by atoms with Crippen LogP contribution in [0.1, 0.15) is 0 Å². The summed E-state index contributed by atoms with van der Waals surface area (Å²) in [6.07, 6.45) is 0. The van der Waals surface area contributed by atoms with Gasteiger partial charge in [-0.3, -0.25) is 0 Å². The van der Waals surface area contributed by atoms with Crippen LogP contribution in [-0.2, 0) is 14.8 Å². The Bertz CT molecular complexity index is 507. The average Bonchev–Trinajstić information content (AvgIpc) is 2.33. The molecule has 1 aromatic rings. The summed E-state index contributed by atoms with van der Waals surface area (Å²) in [6.45, 7) is 1.32. The molecule has 0 radical (unpaired) electrons. The van der Waals surface area contributed by atoms with Gasteiger partial charge in [0.2, 0.25) is 10.0 Å². The molecule has 0 saturated carbocycles. The topological polar surface area (TPSA) is 87.1 Å². The number of ether oxygens (including phenoxy) is 1. The van der Waals surface area contributed by atoms with Crippen LogP contribution in [0.2, 0.25) is 0 Å². The van der Waals surface area contributed by atoms with E-state index in [0.29, 0.717) is 26.3 Å². The van der Waals surface area contributed by atoms with Crippen molar-refractivity contribution in [3.05, 3.63) is 18.2 Å². The monoisotopic (exact) mass is 259 g/mol. The Morgan fingerprint density at radius 1 is 1.12 bits per heavy atom. The van der Waals surface area contributed by atoms with Crippen LogP contribution < -0.4 is 0 Å². The molecule has 1 aliphatic rings. The molecule has 1 aromatic carbocycles. The van der Waals surface area contributed by atoms with Crippen molar-refractivity contribution in [2.75, 3.05) is 26.3 Å². The van der Waals surface area contributed by atoms with Crippen LogP contribution in [0.3, 0.4) is 0 Å². The zero-order valence-corrected chi connectivity index (χ0v) is 9.85. The fourth-order valence-electron chi connectivity index (χ4n) is 1.60. The van der Waals surface area contributed by atoms with E-state index in [1.54, 1.807) is 0 Å². The van der Waals surface area contributed by atoms with Gasteiger partial charge in [0.1, 0.15) is 0 Å². The number of phenols is 2. The van der Waals surface area contributed by atoms with Crippen LogP contribution in [0.5, 0.6) is 11.5 Å². The molecule has 1 aliphatic heterocycles. The molecule has 0 bridgehead atoms. The molecule has 7 heteroatoms. The highest BCUT2D eigenvalue weighted by Crippen LogP contribution is 2.28. The van der Waals surface area contributed by atoms with Crippen LogP contribution in [0.25, 0.3) is 0 Å². The fourth-order valence-corrected chi connectivity index (χ4v) is 3.03. The normalized spacial score (nSPS) is 18.1. The summed E-state index contributed by atoms with van der Waals surface area (Å²) in [7, 11) is -3.62. The highest BCUT2D eigenvalue weighted by atomic mass is 32.2. The van der Waals surface area contributed by atoms with Crippen molar-refractivity contribution in [3.63, 3.8) is 0 Å². The number of hydrogen-bond donors (Lipinski definition) is 2. The third-order valence-electron chi connectivity index (χ3n) is 2.55. The first-order valence-corrected chi connectivity index (χ1v) is 6.56. The Morgan fingerprint density at radius 2 is 1.76 bits per heavy atom. The van der Waals surface area contributed by atoms with E-state index >= 15 is 0 Å². The second-order valence-electron chi connectivity index (χ2n) is 3.67. The minimum atomic E-state index is -3.62. The van der Waals surface area contributed by atoms with Crippen LogP contribution in [0, 0.1) is 0 Å². The van der Waals surface area contributed by atoms with Gasteiger partial charge < -0.3 is 14.9 Å². The molecular formula is C10H13NO5S. The molecule has 0 spiro atoms. The summed E-state index contributed by atoms with van der Waals surface area (Å²) in [6, 6.07) is 3.46. The largest absolute Gasteiger partial charge is 0.504 e. The molecule has 94 valence electrons. The third kappa shape index (κ3) is 2.36. The lowest BCUT2D eigenvalue weighted by atomic mass is 10.3. The van der Waals surface area contributed by atoms with Crippen LogP contribution in [-0.4, -0.2) is 49.2 Å². The third-order valence-corrected chi connectivity index (χ3v) is 4.45. The van der Waals surface area contributed by atoms with Crippen molar-refractivity contribution in [1.29, 1.82) is 0 Å². The van der Waals surface area contributed by atoms with Gasteiger partial charge in [-0.25, -0.2) is 8.42 Å². The quantitative estimate of drug-likeness (QED) is 0.737. The fraction of sp³-hybridized carbons (Fsp3) is 0.400. The molecule has 2 rings (SSSR count). The number of rotatable bonds is 2. The van der Waals surface area contributed by atoms with Crippen molar-refractivity contribution in [1.82, 2.24) is 4.31 Å². The molecule has 0 aromatic heterocycles. The summed E-state index contributed by atoms with van der Waals surface area (Å²) in [5.41, 5.74) is 0. The van der Waals surface area contributed by atoms with Gasteiger partial charge in [0.15, 0.2) is 11.5 Å². The zero-order valence-electron chi connectivity index (χ0n) is 9.04. The predicted octanol–water partition coefficient (Wildman–Crippen LogP) is 0.119. The zero-order chi connectivity index (χ0) is 12.5. The molecule has 1 saturated heterocycles. The van der Waals surface area contributed by atoms with Gasteiger partial charge in [-0.05, 0) is 12.1 Å². The first-order valence-electron chi connectivity index (χ1n) is 5.12. The van der Waals surface area contributed by atoms with Gasteiger partial charge in [-0.2, -0.15) is 4.31 Å². The minimum absolute atomic E-state index is 0.0327. The van der Waals surface area contributed by atoms with Gasteiger partial charge in [0, 0.05) is 19.2 Å². The number of nitrogens with zero attached hydrogens (tertiary/aromatic N) is 1. The van der Waals surface area contributed by atoms with Gasteiger partial charge in [-0.1, -0.05) is 0 Å². The number of aromatic hydroxyl groups is 2. The van der Waals surface area contributed by atoms with Crippen molar-refractivity contribution >= 4 is 10.0 Å². The maximum Gasteiger partial charge on any atom is 0.243 e. The Balaban J connectivity index is 2.33. The van der Waals surface area contributed by atoms with Gasteiger partial charge in [0.05, 0.1) is 18.1 Å². The highest BCUT2D eigenvalue weighted by molar-refractivity contribution is 7.89. The number of phenolic OH excluding ortho intramolecular Hbond substituents is 2. The molecule has 1 heterocycles. The van der Waals surface area contributed by atoms with Crippen LogP contribution in [0.15, 0.2) is 23.1 Å². The first kappa shape index (κ1) is 12.2. The molecule has 17 heavy (non-hydrogen) atoms. The van der Waals surface area contributed by atoms with Crippen molar-refractivity contribution < 1.29 is 23.4 Å². The molecule has 0 amide bonds. The summed E-state index contributed by atoms with van der Waals surface area (Å²) in [5, 5.41) is 18.4. The van der Waals surface area contributed by atoms with Gasteiger partial charge in [-0.15, -0.1) is 0 Å². The average molecular weight is 259 g/mol. The molecule has 2 N–H and O–H groups in total. The smallest absolute Gasteiger partial charge is 0.243 e. The Morgan fingerprint density at radius 3 is 2.35 bits per heavy atom. The van der Waals surface area contributed by atoms with Crippen molar-refractivity contribution in [2.45, 2.75) is 4.90 Å². The number of hydrogen-bond acceptors (Lipinski definition) is 5. The lowest BCUT2D eigenvalue weighted by Gasteiger charge is -2.26. The van der Waals surface area contributed by atoms with E-state index in [-0.39, 0.29) is 10.6 Å². The Kier molecular flexibility index (Phi) is 3.23. The minimum Gasteiger partial charge on any atom is -0.504 e. The highest BCUT2D eigenvalue weighted by Gasteiger charge is 2.26. The predicted molar refractivity (Wildman–Crippen MR) is 59.3 cm³/mol. The summed E-state index contributed by atoms with van der Waals surface area (Å²) >= 11 is 0. The second kappa shape index (κ2) is 4.52. The van der Waals surface area contributed by atoms with E-state index in [9.17, 15) is 13.5 Å². The van der Waals surface area contributed by atoms with E-state index < -0.39 is 15.8 Å². The molecule has 0 atom stereocenters. The number of sulfonamides is 1. The standard InChI is InChI=1S/C10H13NO5S/c12-9-2-1-8(7-10(9)13)17(14,15)11-3-5-16-6-4-11/h1-2,7,12-13H,3-6H2. The van der Waals surface area contributed by atoms with E-state index in [1.165, 1.54) is 10.4 Å². The molecule has 6 nitrogen and oxygen atoms in total. The van der Waals surface area contributed by atoms with Gasteiger partial charge in [0.25, 0.3) is 0 Å². The first-order chi connectivity index (χ1) is 8.01. The van der Waals surface area contributed by atoms with E-state index in [2.05, 4.69) is 0 Å². The maximum absolute atomic E-state index is 12.1. The lowest BCUT2D eigenvalue weighted by molar-refractivity contribution is 0.0730. The van der Waals surface area contributed by atoms with Gasteiger partial charge >= 0.3 is 0 Å². The van der Waals surface area contributed by atoms with E-state index in [1.807, 2.05) is 0 Å². The maximum atomic E-state index is 12.1. The molecule has 0 aliphatic carbocycles.